The van der Waals surface area contributed by atoms with Gasteiger partial charge in [0, 0.05) is 43.8 Å². The van der Waals surface area contributed by atoms with Crippen molar-refractivity contribution in [3.8, 4) is 0 Å². The van der Waals surface area contributed by atoms with Crippen LogP contribution in [0, 0.1) is 6.92 Å². The molecule has 2 aromatic heterocycles. The Morgan fingerprint density at radius 3 is 2.43 bits per heavy atom. The highest BCUT2D eigenvalue weighted by Crippen LogP contribution is 2.30. The molecule has 7 heteroatoms. The van der Waals surface area contributed by atoms with Gasteiger partial charge in [-0.05, 0) is 20.8 Å². The third kappa shape index (κ3) is 2.57. The minimum absolute atomic E-state index is 0.313. The molecule has 0 saturated carbocycles. The maximum atomic E-state index is 6.25. The Morgan fingerprint density at radius 2 is 1.86 bits per heavy atom. The Hall–Kier alpha value is -1.76. The van der Waals surface area contributed by atoms with Crippen LogP contribution in [0.2, 0.25) is 0 Å². The maximum absolute atomic E-state index is 6.25. The molecule has 0 aromatic carbocycles. The van der Waals surface area contributed by atoms with Gasteiger partial charge in [-0.25, -0.2) is 9.67 Å². The van der Waals surface area contributed by atoms with Gasteiger partial charge in [-0.2, -0.15) is 5.10 Å². The molecule has 0 amide bonds. The first-order valence-electron chi connectivity index (χ1n) is 7.32. The molecule has 114 valence electrons. The number of aromatic nitrogens is 3. The summed E-state index contributed by atoms with van der Waals surface area (Å²) in [5.74, 6) is 1.07. The Morgan fingerprint density at radius 1 is 1.19 bits per heavy atom. The van der Waals surface area contributed by atoms with E-state index in [1.807, 2.05) is 23.2 Å². The van der Waals surface area contributed by atoms with Gasteiger partial charge in [0.15, 0.2) is 10.9 Å². The van der Waals surface area contributed by atoms with Gasteiger partial charge in [-0.1, -0.05) is 0 Å². The van der Waals surface area contributed by atoms with Crippen LogP contribution in [-0.2, 0) is 0 Å². The van der Waals surface area contributed by atoms with E-state index < -0.39 is 0 Å². The number of nitrogens with zero attached hydrogens (tertiary/aromatic N) is 5. The lowest BCUT2D eigenvalue weighted by Crippen LogP contribution is -2.47. The summed E-state index contributed by atoms with van der Waals surface area (Å²) in [4.78, 5) is 9.07. The number of nitrogens with two attached hydrogens (primary N) is 1. The number of hydrogen-bond donors (Lipinski definition) is 1. The van der Waals surface area contributed by atoms with Gasteiger partial charge in [-0.3, -0.25) is 0 Å². The third-order valence-corrected chi connectivity index (χ3v) is 4.70. The van der Waals surface area contributed by atoms with Crippen molar-refractivity contribution in [3.05, 3.63) is 17.3 Å². The molecule has 2 aromatic rings. The van der Waals surface area contributed by atoms with Crippen LogP contribution >= 0.6 is 11.3 Å². The first-order valence-corrected chi connectivity index (χ1v) is 8.20. The SMILES string of the molecule is Cc1nn(C(C)C)c(N2CCN(c3nccs3)CC2)c1N. The monoisotopic (exact) mass is 306 g/mol. The highest BCUT2D eigenvalue weighted by Gasteiger charge is 2.25. The zero-order valence-corrected chi connectivity index (χ0v) is 13.6. The smallest absolute Gasteiger partial charge is 0.185 e. The van der Waals surface area contributed by atoms with Gasteiger partial charge in [0.2, 0.25) is 0 Å². The van der Waals surface area contributed by atoms with Crippen molar-refractivity contribution in [1.29, 1.82) is 0 Å². The van der Waals surface area contributed by atoms with E-state index in [9.17, 15) is 0 Å². The molecule has 0 unspecified atom stereocenters. The summed E-state index contributed by atoms with van der Waals surface area (Å²) in [5, 5.41) is 7.71. The van der Waals surface area contributed by atoms with E-state index >= 15 is 0 Å². The Balaban J connectivity index is 1.78. The van der Waals surface area contributed by atoms with Crippen molar-refractivity contribution in [1.82, 2.24) is 14.8 Å². The fourth-order valence-corrected chi connectivity index (χ4v) is 3.40. The van der Waals surface area contributed by atoms with E-state index in [1.54, 1.807) is 11.3 Å². The number of nitrogen functional groups attached to an aromatic ring is 1. The van der Waals surface area contributed by atoms with Crippen LogP contribution < -0.4 is 15.5 Å². The summed E-state index contributed by atoms with van der Waals surface area (Å²) in [6.07, 6.45) is 1.86. The van der Waals surface area contributed by atoms with E-state index in [-0.39, 0.29) is 0 Å². The van der Waals surface area contributed by atoms with E-state index in [4.69, 9.17) is 5.73 Å². The molecule has 0 bridgehead atoms. The second-order valence-corrected chi connectivity index (χ2v) is 6.52. The summed E-state index contributed by atoms with van der Waals surface area (Å²) in [5.41, 5.74) is 7.98. The van der Waals surface area contributed by atoms with Gasteiger partial charge < -0.3 is 15.5 Å². The van der Waals surface area contributed by atoms with Gasteiger partial charge in [0.05, 0.1) is 11.4 Å². The average molecular weight is 306 g/mol. The third-order valence-electron chi connectivity index (χ3n) is 3.86. The first kappa shape index (κ1) is 14.2. The lowest BCUT2D eigenvalue weighted by atomic mass is 10.3. The van der Waals surface area contributed by atoms with Gasteiger partial charge in [-0.15, -0.1) is 11.3 Å². The molecular formula is C14H22N6S. The van der Waals surface area contributed by atoms with Crippen molar-refractivity contribution in [2.75, 3.05) is 41.7 Å². The quantitative estimate of drug-likeness (QED) is 0.941. The van der Waals surface area contributed by atoms with Crippen LogP contribution in [0.3, 0.4) is 0 Å². The molecule has 21 heavy (non-hydrogen) atoms. The standard InChI is InChI=1S/C14H22N6S/c1-10(2)20-13(12(15)11(3)17-20)18-5-7-19(8-6-18)14-16-4-9-21-14/h4,9-10H,5-8,15H2,1-3H3. The number of hydrogen-bond acceptors (Lipinski definition) is 6. The number of rotatable bonds is 3. The Bertz CT molecular complexity index is 595. The summed E-state index contributed by atoms with van der Waals surface area (Å²) < 4.78 is 2.05. The van der Waals surface area contributed by atoms with E-state index in [2.05, 4.69) is 33.7 Å². The van der Waals surface area contributed by atoms with Crippen molar-refractivity contribution < 1.29 is 0 Å². The molecule has 0 atom stereocenters. The summed E-state index contributed by atoms with van der Waals surface area (Å²) in [6, 6.07) is 0.313. The number of piperazine rings is 1. The molecule has 0 radical (unpaired) electrons. The highest BCUT2D eigenvalue weighted by molar-refractivity contribution is 7.13. The lowest BCUT2D eigenvalue weighted by molar-refractivity contribution is 0.515. The molecule has 1 saturated heterocycles. The Labute approximate surface area is 129 Å². The molecule has 2 N–H and O–H groups in total. The molecule has 1 fully saturated rings. The van der Waals surface area contributed by atoms with Gasteiger partial charge in [0.1, 0.15) is 0 Å². The van der Waals surface area contributed by atoms with Crippen LogP contribution in [0.1, 0.15) is 25.6 Å². The molecule has 0 spiro atoms. The molecular weight excluding hydrogens is 284 g/mol. The van der Waals surface area contributed by atoms with Crippen molar-refractivity contribution in [2.45, 2.75) is 26.8 Å². The van der Waals surface area contributed by atoms with Crippen LogP contribution in [0.5, 0.6) is 0 Å². The van der Waals surface area contributed by atoms with Crippen LogP contribution in [-0.4, -0.2) is 40.9 Å². The maximum Gasteiger partial charge on any atom is 0.185 e. The van der Waals surface area contributed by atoms with Gasteiger partial charge >= 0.3 is 0 Å². The molecule has 6 nitrogen and oxygen atoms in total. The largest absolute Gasteiger partial charge is 0.394 e. The summed E-state index contributed by atoms with van der Waals surface area (Å²) in [6.45, 7) is 10.1. The zero-order chi connectivity index (χ0) is 15.0. The molecule has 3 heterocycles. The predicted molar refractivity (Wildman–Crippen MR) is 88.3 cm³/mol. The number of thiazole rings is 1. The van der Waals surface area contributed by atoms with E-state index in [1.165, 1.54) is 0 Å². The average Bonchev–Trinajstić information content (AvgIpc) is 3.09. The van der Waals surface area contributed by atoms with E-state index in [0.29, 0.717) is 6.04 Å². The van der Waals surface area contributed by atoms with Crippen LogP contribution in [0.25, 0.3) is 0 Å². The summed E-state index contributed by atoms with van der Waals surface area (Å²) in [7, 11) is 0. The minimum atomic E-state index is 0.313. The topological polar surface area (TPSA) is 63.2 Å². The Kier molecular flexibility index (Phi) is 3.75. The normalized spacial score (nSPS) is 16.0. The molecule has 1 aliphatic heterocycles. The summed E-state index contributed by atoms with van der Waals surface area (Å²) >= 11 is 1.70. The van der Waals surface area contributed by atoms with Gasteiger partial charge in [0.25, 0.3) is 0 Å². The van der Waals surface area contributed by atoms with Crippen molar-refractivity contribution in [3.63, 3.8) is 0 Å². The van der Waals surface area contributed by atoms with Crippen LogP contribution in [0.4, 0.5) is 16.6 Å². The number of anilines is 3. The molecule has 1 aliphatic rings. The minimum Gasteiger partial charge on any atom is -0.394 e. The van der Waals surface area contributed by atoms with Crippen molar-refractivity contribution in [2.24, 2.45) is 0 Å². The fourth-order valence-electron chi connectivity index (χ4n) is 2.70. The zero-order valence-electron chi connectivity index (χ0n) is 12.8. The van der Waals surface area contributed by atoms with E-state index in [0.717, 1.165) is 48.5 Å². The van der Waals surface area contributed by atoms with Crippen molar-refractivity contribution >= 4 is 28.0 Å². The molecule has 0 aliphatic carbocycles. The first-order chi connectivity index (χ1) is 10.1. The number of aryl methyl sites for hydroxylation is 1. The highest BCUT2D eigenvalue weighted by atomic mass is 32.1. The molecule has 3 rings (SSSR count). The second kappa shape index (κ2) is 5.55. The lowest BCUT2D eigenvalue weighted by Gasteiger charge is -2.36. The second-order valence-electron chi connectivity index (χ2n) is 5.65. The fraction of sp³-hybridized carbons (Fsp3) is 0.571. The van der Waals surface area contributed by atoms with Crippen LogP contribution in [0.15, 0.2) is 11.6 Å². The predicted octanol–water partition coefficient (Wildman–Crippen LogP) is 2.14.